The molecule has 4 nitrogen and oxygen atoms in total. The maximum absolute atomic E-state index is 12.0. The van der Waals surface area contributed by atoms with E-state index in [1.165, 1.54) is 12.1 Å². The van der Waals surface area contributed by atoms with Crippen LogP contribution in [0.25, 0.3) is 0 Å². The highest BCUT2D eigenvalue weighted by Crippen LogP contribution is 2.22. The quantitative estimate of drug-likeness (QED) is 0.812. The largest absolute Gasteiger partial charge is 0.573 e. The Balaban J connectivity index is 2.45. The molecule has 0 bridgehead atoms. The molecule has 2 unspecified atom stereocenters. The van der Waals surface area contributed by atoms with Crippen molar-refractivity contribution >= 4 is 5.91 Å². The fourth-order valence-electron chi connectivity index (χ4n) is 1.75. The van der Waals surface area contributed by atoms with Gasteiger partial charge < -0.3 is 15.2 Å². The maximum atomic E-state index is 12.0. The van der Waals surface area contributed by atoms with Gasteiger partial charge in [-0.15, -0.1) is 13.2 Å². The minimum Gasteiger partial charge on any atom is -0.406 e. The van der Waals surface area contributed by atoms with Gasteiger partial charge in [-0.05, 0) is 23.6 Å². The number of aliphatic hydroxyl groups is 1. The molecular weight excluding hydrogens is 299 g/mol. The predicted octanol–water partition coefficient (Wildman–Crippen LogP) is 2.65. The molecule has 0 fully saturated rings. The summed E-state index contributed by atoms with van der Waals surface area (Å²) in [6, 6.07) is 5.10. The molecule has 0 aromatic heterocycles. The van der Waals surface area contributed by atoms with Crippen molar-refractivity contribution in [3.8, 4) is 5.75 Å². The molecule has 1 amide bonds. The van der Waals surface area contributed by atoms with Crippen molar-refractivity contribution in [1.82, 2.24) is 5.32 Å². The average molecular weight is 319 g/mol. The van der Waals surface area contributed by atoms with Crippen LogP contribution in [-0.4, -0.2) is 30.0 Å². The Morgan fingerprint density at radius 3 is 2.41 bits per heavy atom. The number of hydrogen-bond acceptors (Lipinski definition) is 3. The molecule has 2 atom stereocenters. The molecule has 124 valence electrons. The molecule has 0 saturated heterocycles. The van der Waals surface area contributed by atoms with Crippen molar-refractivity contribution in [2.45, 2.75) is 39.2 Å². The zero-order valence-corrected chi connectivity index (χ0v) is 12.5. The topological polar surface area (TPSA) is 58.6 Å². The van der Waals surface area contributed by atoms with Crippen LogP contribution in [0.3, 0.4) is 0 Å². The molecule has 0 aliphatic heterocycles. The van der Waals surface area contributed by atoms with Gasteiger partial charge >= 0.3 is 6.36 Å². The van der Waals surface area contributed by atoms with Crippen LogP contribution in [0.4, 0.5) is 13.2 Å². The summed E-state index contributed by atoms with van der Waals surface area (Å²) < 4.78 is 39.8. The molecule has 2 N–H and O–H groups in total. The van der Waals surface area contributed by atoms with Crippen LogP contribution in [0.1, 0.15) is 25.8 Å². The molecule has 22 heavy (non-hydrogen) atoms. The third-order valence-corrected chi connectivity index (χ3v) is 3.33. The first-order valence-electron chi connectivity index (χ1n) is 7.00. The number of ether oxygens (including phenoxy) is 1. The first kappa shape index (κ1) is 18.3. The van der Waals surface area contributed by atoms with Gasteiger partial charge in [-0.1, -0.05) is 32.4 Å². The van der Waals surface area contributed by atoms with Crippen LogP contribution in [0, 0.1) is 5.92 Å². The van der Waals surface area contributed by atoms with Crippen LogP contribution in [0.2, 0.25) is 0 Å². The van der Waals surface area contributed by atoms with Gasteiger partial charge in [0.15, 0.2) is 0 Å². The second-order valence-corrected chi connectivity index (χ2v) is 5.13. The zero-order chi connectivity index (χ0) is 16.8. The number of carbonyl (C=O) groups excluding carboxylic acids is 1. The van der Waals surface area contributed by atoms with E-state index in [9.17, 15) is 23.1 Å². The van der Waals surface area contributed by atoms with Crippen molar-refractivity contribution in [2.24, 2.45) is 5.92 Å². The van der Waals surface area contributed by atoms with Crippen molar-refractivity contribution in [1.29, 1.82) is 0 Å². The first-order valence-corrected chi connectivity index (χ1v) is 7.00. The van der Waals surface area contributed by atoms with Crippen LogP contribution in [0.5, 0.6) is 5.75 Å². The highest BCUT2D eigenvalue weighted by Gasteiger charge is 2.30. The number of carbonyl (C=O) groups is 1. The summed E-state index contributed by atoms with van der Waals surface area (Å²) in [4.78, 5) is 11.7. The SMILES string of the molecule is CCC(C)C(O)CNC(=O)Cc1ccc(OC(F)(F)F)cc1. The van der Waals surface area contributed by atoms with Gasteiger partial charge in [0.2, 0.25) is 5.91 Å². The summed E-state index contributed by atoms with van der Waals surface area (Å²) in [5, 5.41) is 12.3. The lowest BCUT2D eigenvalue weighted by Gasteiger charge is -2.17. The second kappa shape index (κ2) is 8.03. The average Bonchev–Trinajstić information content (AvgIpc) is 2.44. The third kappa shape index (κ3) is 6.80. The Kier molecular flexibility index (Phi) is 6.67. The Bertz CT molecular complexity index is 474. The minimum absolute atomic E-state index is 0.0273. The number of benzene rings is 1. The highest BCUT2D eigenvalue weighted by molar-refractivity contribution is 5.78. The molecule has 0 aliphatic rings. The Morgan fingerprint density at radius 2 is 1.91 bits per heavy atom. The number of amides is 1. The molecule has 0 aliphatic carbocycles. The van der Waals surface area contributed by atoms with Gasteiger partial charge in [0.25, 0.3) is 0 Å². The summed E-state index contributed by atoms with van der Waals surface area (Å²) in [6.45, 7) is 3.99. The van der Waals surface area contributed by atoms with Gasteiger partial charge in [-0.25, -0.2) is 0 Å². The molecule has 1 aromatic rings. The molecule has 0 saturated carbocycles. The fourth-order valence-corrected chi connectivity index (χ4v) is 1.75. The fraction of sp³-hybridized carbons (Fsp3) is 0.533. The first-order chi connectivity index (χ1) is 10.2. The summed E-state index contributed by atoms with van der Waals surface area (Å²) in [7, 11) is 0. The summed E-state index contributed by atoms with van der Waals surface area (Å²) in [6.07, 6.45) is -4.51. The van der Waals surface area contributed by atoms with E-state index in [-0.39, 0.29) is 30.5 Å². The van der Waals surface area contributed by atoms with E-state index in [4.69, 9.17) is 0 Å². The Hall–Kier alpha value is -1.76. The molecule has 7 heteroatoms. The van der Waals surface area contributed by atoms with E-state index >= 15 is 0 Å². The van der Waals surface area contributed by atoms with Crippen molar-refractivity contribution in [3.05, 3.63) is 29.8 Å². The lowest BCUT2D eigenvalue weighted by molar-refractivity contribution is -0.274. The monoisotopic (exact) mass is 319 g/mol. The zero-order valence-electron chi connectivity index (χ0n) is 12.5. The Morgan fingerprint density at radius 1 is 1.32 bits per heavy atom. The van der Waals surface area contributed by atoms with Gasteiger partial charge in [-0.2, -0.15) is 0 Å². The minimum atomic E-state index is -4.73. The molecule has 1 aromatic carbocycles. The number of alkyl halides is 3. The molecule has 1 rings (SSSR count). The van der Waals surface area contributed by atoms with Gasteiger partial charge in [0.1, 0.15) is 5.75 Å². The van der Waals surface area contributed by atoms with Gasteiger partial charge in [-0.3, -0.25) is 4.79 Å². The van der Waals surface area contributed by atoms with Crippen LogP contribution in [-0.2, 0) is 11.2 Å². The van der Waals surface area contributed by atoms with Gasteiger partial charge in [0, 0.05) is 6.54 Å². The van der Waals surface area contributed by atoms with E-state index in [0.717, 1.165) is 18.6 Å². The summed E-state index contributed by atoms with van der Waals surface area (Å²) >= 11 is 0. The van der Waals surface area contributed by atoms with E-state index in [1.807, 2.05) is 13.8 Å². The van der Waals surface area contributed by atoms with E-state index < -0.39 is 12.5 Å². The number of rotatable bonds is 7. The van der Waals surface area contributed by atoms with Crippen LogP contribution >= 0.6 is 0 Å². The lowest BCUT2D eigenvalue weighted by atomic mass is 10.0. The van der Waals surface area contributed by atoms with E-state index in [0.29, 0.717) is 5.56 Å². The standard InChI is InChI=1S/C15H20F3NO3/c1-3-10(2)13(20)9-19-14(21)8-11-4-6-12(7-5-11)22-15(16,17)18/h4-7,10,13,20H,3,8-9H2,1-2H3,(H,19,21). The number of halogens is 3. The normalized spacial score (nSPS) is 14.3. The lowest BCUT2D eigenvalue weighted by Crippen LogP contribution is -2.36. The van der Waals surface area contributed by atoms with Crippen LogP contribution in [0.15, 0.2) is 24.3 Å². The summed E-state index contributed by atoms with van der Waals surface area (Å²) in [5.41, 5.74) is 0.560. The molecular formula is C15H20F3NO3. The molecule has 0 heterocycles. The van der Waals surface area contributed by atoms with Crippen LogP contribution < -0.4 is 10.1 Å². The van der Waals surface area contributed by atoms with E-state index in [2.05, 4.69) is 10.1 Å². The smallest absolute Gasteiger partial charge is 0.406 e. The van der Waals surface area contributed by atoms with Crippen molar-refractivity contribution < 1.29 is 27.8 Å². The maximum Gasteiger partial charge on any atom is 0.573 e. The molecule has 0 spiro atoms. The summed E-state index contributed by atoms with van der Waals surface area (Å²) in [5.74, 6) is -0.546. The van der Waals surface area contributed by atoms with Crippen molar-refractivity contribution in [3.63, 3.8) is 0 Å². The number of aliphatic hydroxyl groups excluding tert-OH is 1. The predicted molar refractivity (Wildman–Crippen MR) is 75.3 cm³/mol. The molecule has 0 radical (unpaired) electrons. The third-order valence-electron chi connectivity index (χ3n) is 3.33. The number of hydrogen-bond donors (Lipinski definition) is 2. The Labute approximate surface area is 127 Å². The van der Waals surface area contributed by atoms with E-state index in [1.54, 1.807) is 0 Å². The second-order valence-electron chi connectivity index (χ2n) is 5.13. The number of nitrogens with one attached hydrogen (secondary N) is 1. The van der Waals surface area contributed by atoms with Gasteiger partial charge in [0.05, 0.1) is 12.5 Å². The highest BCUT2D eigenvalue weighted by atomic mass is 19.4. The van der Waals surface area contributed by atoms with Crippen molar-refractivity contribution in [2.75, 3.05) is 6.54 Å².